The standard InChI is InChI=1S/C20H28O5S2.C13H16O3S2.C7H12O2.Al.B.HN/c1-3-5-13-25-19(23)17(27-20(24)26-14-6-4-2)12-9-15-7-10-16(11-8-15)18(21)22;1-2-3-8-17-13(16)18-9-10-4-6-11(7-5-10)12(14)15;1-3-5-6-9-7(8)4-2;;;/h7-8,10-11,17H,3-6,9,12-14H2,1-2H3,(H,21,22);4-7H,2-3,8-9H2,1H3,(H,14,15);4H,2-3,5-6H2,1H3;;;1H. The number of rotatable bonds is 22. The summed E-state index contributed by atoms with van der Waals surface area (Å²) in [6.45, 7) is 12.4. The van der Waals surface area contributed by atoms with Crippen molar-refractivity contribution in [2.45, 2.75) is 103 Å². The fourth-order valence-corrected chi connectivity index (χ4v) is 7.74. The van der Waals surface area contributed by atoms with Crippen LogP contribution in [0.1, 0.15) is 117 Å². The van der Waals surface area contributed by atoms with Crippen molar-refractivity contribution in [2.75, 3.05) is 24.7 Å². The first-order chi connectivity index (χ1) is 26.9. The summed E-state index contributed by atoms with van der Waals surface area (Å²) in [5.41, 5.74) is 2.39. The van der Waals surface area contributed by atoms with Gasteiger partial charge in [0.05, 0.1) is 24.3 Å². The van der Waals surface area contributed by atoms with Gasteiger partial charge in [0.2, 0.25) is 8.89 Å². The van der Waals surface area contributed by atoms with Crippen LogP contribution in [0.3, 0.4) is 0 Å². The Balaban J connectivity index is -0.000000835. The van der Waals surface area contributed by atoms with Gasteiger partial charge in [-0.2, -0.15) is 0 Å². The first kappa shape index (κ1) is 58.5. The molecule has 2 aromatic rings. The molecule has 0 bridgehead atoms. The van der Waals surface area contributed by atoms with Gasteiger partial charge in [-0.25, -0.2) is 14.4 Å². The predicted molar refractivity (Wildman–Crippen MR) is 239 cm³/mol. The number of unbranched alkanes of at least 4 members (excludes halogenated alkanes) is 4. The molecule has 0 aliphatic rings. The molecule has 4 radical (unpaired) electrons. The van der Waals surface area contributed by atoms with Crippen LogP contribution in [0.25, 0.3) is 0 Å². The van der Waals surface area contributed by atoms with Crippen molar-refractivity contribution in [3.8, 4) is 0 Å². The maximum atomic E-state index is 12.4. The van der Waals surface area contributed by atoms with Gasteiger partial charge < -0.3 is 19.7 Å². The topological polar surface area (TPSA) is 185 Å². The van der Waals surface area contributed by atoms with E-state index in [0.717, 1.165) is 85.8 Å². The third-order valence-corrected chi connectivity index (χ3v) is 11.5. The molecule has 0 spiro atoms. The van der Waals surface area contributed by atoms with E-state index in [2.05, 4.69) is 25.2 Å². The molecule has 0 saturated heterocycles. The Hall–Kier alpha value is -2.80. The molecule has 3 N–H and O–H groups in total. The fraction of sp³-hybridized carbons (Fsp3) is 0.500. The predicted octanol–water partition coefficient (Wildman–Crippen LogP) is 10.7. The van der Waals surface area contributed by atoms with Gasteiger partial charge in [0.25, 0.3) is 0 Å². The summed E-state index contributed by atoms with van der Waals surface area (Å²) in [4.78, 5) is 67.9. The number of carbonyl (C=O) groups excluding carboxylic acids is 4. The summed E-state index contributed by atoms with van der Waals surface area (Å²) in [5.74, 6) is -0.345. The van der Waals surface area contributed by atoms with Crippen molar-refractivity contribution in [3.05, 3.63) is 83.4 Å². The molecule has 2 aromatic carbocycles. The van der Waals surface area contributed by atoms with Crippen molar-refractivity contribution in [2.24, 2.45) is 0 Å². The average Bonchev–Trinajstić information content (AvgIpc) is 3.20. The Morgan fingerprint density at radius 3 is 1.56 bits per heavy atom. The van der Waals surface area contributed by atoms with Crippen LogP contribution in [0.2, 0.25) is 0 Å². The molecule has 0 aromatic heterocycles. The quantitative estimate of drug-likeness (QED) is 0.0439. The fourth-order valence-electron chi connectivity index (χ4n) is 3.80. The van der Waals surface area contributed by atoms with E-state index in [-0.39, 0.29) is 40.4 Å². The molecule has 0 amide bonds. The van der Waals surface area contributed by atoms with E-state index in [1.165, 1.54) is 41.4 Å². The van der Waals surface area contributed by atoms with Crippen molar-refractivity contribution in [1.29, 1.82) is 4.35 Å². The van der Waals surface area contributed by atoms with E-state index in [4.69, 9.17) is 19.3 Å². The summed E-state index contributed by atoms with van der Waals surface area (Å²) < 4.78 is 15.7. The van der Waals surface area contributed by atoms with Gasteiger partial charge in [0.1, 0.15) is 5.25 Å². The molecule has 1 atom stereocenters. The van der Waals surface area contributed by atoms with E-state index in [0.29, 0.717) is 31.8 Å². The zero-order valence-electron chi connectivity index (χ0n) is 33.5. The number of aromatic carboxylic acids is 2. The van der Waals surface area contributed by atoms with Gasteiger partial charge in [-0.1, -0.05) is 131 Å². The average molecular weight is 878 g/mol. The molecule has 1 unspecified atom stereocenters. The zero-order chi connectivity index (χ0) is 42.6. The molecular weight excluding hydrogens is 820 g/mol. The number of esters is 2. The summed E-state index contributed by atoms with van der Waals surface area (Å²) in [6.07, 6.45) is 10.1. The molecule has 17 heteroatoms. The van der Waals surface area contributed by atoms with Gasteiger partial charge in [0.15, 0.2) is 0 Å². The van der Waals surface area contributed by atoms with Crippen molar-refractivity contribution in [3.63, 3.8) is 0 Å². The summed E-state index contributed by atoms with van der Waals surface area (Å²) in [7, 11) is 0. The van der Waals surface area contributed by atoms with Crippen molar-refractivity contribution in [1.82, 2.24) is 0 Å². The first-order valence-electron chi connectivity index (χ1n) is 18.4. The molecule has 2 rings (SSSR count). The number of benzene rings is 2. The second-order valence-corrected chi connectivity index (χ2v) is 16.4. The van der Waals surface area contributed by atoms with Crippen LogP contribution in [0, 0.1) is 4.35 Å². The van der Waals surface area contributed by atoms with Gasteiger partial charge in [-0.05, 0) is 73.9 Å². The second kappa shape index (κ2) is 40.0. The Morgan fingerprint density at radius 1 is 0.684 bits per heavy atom. The number of hydrogen-bond acceptors (Lipinski definition) is 13. The molecule has 312 valence electrons. The molecule has 0 fully saturated rings. The summed E-state index contributed by atoms with van der Waals surface area (Å²) >= 11 is 6.59. The number of ether oxygens (including phenoxy) is 2. The van der Waals surface area contributed by atoms with Crippen LogP contribution in [0.5, 0.6) is 0 Å². The molecule has 0 heterocycles. The number of thioether (sulfide) groups is 4. The molecule has 11 nitrogen and oxygen atoms in total. The molecular formula is C40H57AlBNO10S4. The van der Waals surface area contributed by atoms with Crippen molar-refractivity contribution < 1.29 is 48.5 Å². The normalized spacial score (nSPS) is 10.2. The SMILES string of the molecule is C=CC(=O)OCCCC.CCCCOC(=O)C(CCc1ccc(C(=O)O)cc1)SC(=O)SCCCC.CCCCSC(=O)SCc1ccc(C(=O)O)cc1.[B].[NH]=[Al]. The van der Waals surface area contributed by atoms with Gasteiger partial charge in [-0.3, -0.25) is 14.4 Å². The van der Waals surface area contributed by atoms with Gasteiger partial charge in [0, 0.05) is 31.7 Å². The minimum atomic E-state index is -0.968. The van der Waals surface area contributed by atoms with Crippen LogP contribution in [-0.4, -0.2) is 97.5 Å². The number of hydrogen-bond donors (Lipinski definition) is 3. The van der Waals surface area contributed by atoms with E-state index < -0.39 is 17.2 Å². The van der Waals surface area contributed by atoms with E-state index in [1.54, 1.807) is 64.6 Å². The first-order valence-corrected chi connectivity index (χ1v) is 22.9. The number of carboxylic acid groups (broad SMARTS) is 2. The van der Waals surface area contributed by atoms with Crippen molar-refractivity contribution >= 4 is 104 Å². The Bertz CT molecular complexity index is 1440. The Labute approximate surface area is 366 Å². The number of aryl methyl sites for hydroxylation is 1. The molecule has 0 aliphatic heterocycles. The van der Waals surface area contributed by atoms with Crippen LogP contribution < -0.4 is 0 Å². The summed E-state index contributed by atoms with van der Waals surface area (Å²) in [5, 5.41) is 17.2. The van der Waals surface area contributed by atoms with E-state index in [1.807, 2.05) is 13.8 Å². The molecule has 0 aliphatic carbocycles. The Kier molecular flexibility index (Phi) is 41.1. The minimum absolute atomic E-state index is 0. The monoisotopic (exact) mass is 877 g/mol. The second-order valence-electron chi connectivity index (χ2n) is 11.6. The van der Waals surface area contributed by atoms with E-state index >= 15 is 0 Å². The van der Waals surface area contributed by atoms with E-state index in [9.17, 15) is 28.8 Å². The molecule has 0 saturated carbocycles. The number of carbonyl (C=O) groups is 6. The third kappa shape index (κ3) is 32.8. The van der Waals surface area contributed by atoms with Crippen LogP contribution >= 0.6 is 47.0 Å². The zero-order valence-corrected chi connectivity index (χ0v) is 38.0. The van der Waals surface area contributed by atoms with Crippen LogP contribution in [0.15, 0.2) is 61.2 Å². The summed E-state index contributed by atoms with van der Waals surface area (Å²) in [6, 6.07) is 13.2. The van der Waals surface area contributed by atoms with Crippen LogP contribution in [-0.2, 0) is 31.2 Å². The third-order valence-electron chi connectivity index (χ3n) is 7.04. The Morgan fingerprint density at radius 2 is 1.12 bits per heavy atom. The van der Waals surface area contributed by atoms with Gasteiger partial charge >= 0.3 is 44.3 Å². The van der Waals surface area contributed by atoms with Gasteiger partial charge in [-0.15, -0.1) is 0 Å². The number of carboxylic acids is 2. The maximum absolute atomic E-state index is 12.4. The number of nitrogens with one attached hydrogen (secondary N) is 1. The molecule has 57 heavy (non-hydrogen) atoms. The van der Waals surface area contributed by atoms with Crippen LogP contribution in [0.4, 0.5) is 9.59 Å².